The molecule has 1 aliphatic rings. The second-order valence-electron chi connectivity index (χ2n) is 11.0. The van der Waals surface area contributed by atoms with Crippen LogP contribution in [-0.2, 0) is 36.4 Å². The SMILES string of the molecule is CC(C)C(OC(=O)[C@@H](N)Cc1cccc(S(=O)(=O)N2CC(Oc3ccccc3)(c3ccc(F)cc3)C2)c1)C(=O)N(C)C.Cl. The number of benzene rings is 3. The van der Waals surface area contributed by atoms with Gasteiger partial charge in [-0.25, -0.2) is 12.8 Å². The van der Waals surface area contributed by atoms with Gasteiger partial charge in [0.25, 0.3) is 5.91 Å². The summed E-state index contributed by atoms with van der Waals surface area (Å²) in [6.07, 6.45) is -0.962. The van der Waals surface area contributed by atoms with Gasteiger partial charge >= 0.3 is 5.97 Å². The number of hydrogen-bond acceptors (Lipinski definition) is 7. The fourth-order valence-corrected chi connectivity index (χ4v) is 6.33. The number of sulfonamides is 1. The van der Waals surface area contributed by atoms with Crippen molar-refractivity contribution < 1.29 is 31.9 Å². The van der Waals surface area contributed by atoms with Crippen LogP contribution < -0.4 is 10.5 Å². The fraction of sp³-hybridized carbons (Fsp3) is 0.355. The molecule has 1 aliphatic heterocycles. The number of ether oxygens (including phenoxy) is 2. The van der Waals surface area contributed by atoms with E-state index in [4.69, 9.17) is 15.2 Å². The Morgan fingerprint density at radius 1 is 1.00 bits per heavy atom. The molecular formula is C31H37ClFN3O6S. The fourth-order valence-electron chi connectivity index (χ4n) is 4.73. The van der Waals surface area contributed by atoms with Crippen LogP contribution in [0.5, 0.6) is 5.75 Å². The minimum absolute atomic E-state index is 0. The Bertz CT molecular complexity index is 1510. The summed E-state index contributed by atoms with van der Waals surface area (Å²) in [5, 5.41) is 0. The van der Waals surface area contributed by atoms with Crippen LogP contribution in [0.15, 0.2) is 83.8 Å². The van der Waals surface area contributed by atoms with Crippen molar-refractivity contribution >= 4 is 34.3 Å². The van der Waals surface area contributed by atoms with Crippen molar-refractivity contribution in [2.24, 2.45) is 11.7 Å². The minimum Gasteiger partial charge on any atom is -0.480 e. The Balaban J connectivity index is 0.00000506. The lowest BCUT2D eigenvalue weighted by molar-refractivity contribution is -0.163. The van der Waals surface area contributed by atoms with Crippen LogP contribution in [0.3, 0.4) is 0 Å². The third-order valence-electron chi connectivity index (χ3n) is 7.12. The molecule has 9 nitrogen and oxygen atoms in total. The van der Waals surface area contributed by atoms with Crippen LogP contribution in [-0.4, -0.2) is 68.8 Å². The first kappa shape index (κ1) is 34.0. The predicted octanol–water partition coefficient (Wildman–Crippen LogP) is 3.75. The molecule has 0 aromatic heterocycles. The van der Waals surface area contributed by atoms with E-state index in [0.29, 0.717) is 16.9 Å². The lowest BCUT2D eigenvalue weighted by Crippen LogP contribution is -2.64. The highest BCUT2D eigenvalue weighted by Crippen LogP contribution is 2.40. The molecule has 3 aromatic rings. The predicted molar refractivity (Wildman–Crippen MR) is 163 cm³/mol. The molecular weight excluding hydrogens is 597 g/mol. The Morgan fingerprint density at radius 2 is 1.63 bits per heavy atom. The number of carbonyl (C=O) groups excluding carboxylic acids is 2. The second-order valence-corrected chi connectivity index (χ2v) is 12.9. The van der Waals surface area contributed by atoms with E-state index in [2.05, 4.69) is 0 Å². The lowest BCUT2D eigenvalue weighted by atomic mass is 9.87. The number of nitrogens with zero attached hydrogens (tertiary/aromatic N) is 2. The van der Waals surface area contributed by atoms with E-state index in [1.807, 2.05) is 18.2 Å². The van der Waals surface area contributed by atoms with E-state index in [9.17, 15) is 22.4 Å². The molecule has 0 radical (unpaired) electrons. The van der Waals surface area contributed by atoms with E-state index in [-0.39, 0.29) is 48.6 Å². The zero-order valence-corrected chi connectivity index (χ0v) is 26.1. The number of hydrogen-bond donors (Lipinski definition) is 1. The zero-order chi connectivity index (χ0) is 30.7. The summed E-state index contributed by atoms with van der Waals surface area (Å²) in [7, 11) is -0.786. The normalized spacial score (nSPS) is 15.9. The van der Waals surface area contributed by atoms with Gasteiger partial charge in [0, 0.05) is 14.1 Å². The number of nitrogens with two attached hydrogens (primary N) is 1. The summed E-state index contributed by atoms with van der Waals surface area (Å²) in [5.41, 5.74) is 6.29. The van der Waals surface area contributed by atoms with Gasteiger partial charge in [0.2, 0.25) is 10.0 Å². The van der Waals surface area contributed by atoms with Crippen molar-refractivity contribution in [3.63, 3.8) is 0 Å². The smallest absolute Gasteiger partial charge is 0.324 e. The Morgan fingerprint density at radius 3 is 2.21 bits per heavy atom. The van der Waals surface area contributed by atoms with Crippen LogP contribution in [0.1, 0.15) is 25.0 Å². The first-order valence-corrected chi connectivity index (χ1v) is 15.0. The first-order chi connectivity index (χ1) is 19.8. The van der Waals surface area contributed by atoms with E-state index >= 15 is 0 Å². The number of esters is 1. The van der Waals surface area contributed by atoms with E-state index in [0.717, 1.165) is 0 Å². The number of amides is 1. The van der Waals surface area contributed by atoms with Gasteiger partial charge in [0.15, 0.2) is 11.7 Å². The largest absolute Gasteiger partial charge is 0.480 e. The van der Waals surface area contributed by atoms with Crippen LogP contribution in [0.2, 0.25) is 0 Å². The number of carbonyl (C=O) groups is 2. The Kier molecular flexibility index (Phi) is 10.9. The summed E-state index contributed by atoms with van der Waals surface area (Å²) >= 11 is 0. The average Bonchev–Trinajstić information content (AvgIpc) is 2.93. The van der Waals surface area contributed by atoms with E-state index in [1.165, 1.54) is 33.5 Å². The molecule has 12 heteroatoms. The molecule has 0 saturated carbocycles. The second kappa shape index (κ2) is 13.9. The Labute approximate surface area is 258 Å². The molecule has 0 bridgehead atoms. The van der Waals surface area contributed by atoms with Gasteiger partial charge in [0.1, 0.15) is 17.6 Å². The summed E-state index contributed by atoms with van der Waals surface area (Å²) in [5.74, 6) is -1.19. The molecule has 4 rings (SSSR count). The number of rotatable bonds is 11. The summed E-state index contributed by atoms with van der Waals surface area (Å²) in [4.78, 5) is 26.5. The quantitative estimate of drug-likeness (QED) is 0.320. The van der Waals surface area contributed by atoms with Crippen molar-refractivity contribution in [3.05, 3.63) is 95.8 Å². The first-order valence-electron chi connectivity index (χ1n) is 13.6. The van der Waals surface area contributed by atoms with Crippen LogP contribution in [0.25, 0.3) is 0 Å². The molecule has 1 amide bonds. The molecule has 0 aliphatic carbocycles. The number of likely N-dealkylation sites (N-methyl/N-ethyl adjacent to an activating group) is 1. The summed E-state index contributed by atoms with van der Waals surface area (Å²) in [6, 6.07) is 20.0. The molecule has 1 unspecified atom stereocenters. The highest BCUT2D eigenvalue weighted by Gasteiger charge is 2.52. The maximum absolute atomic E-state index is 13.7. The van der Waals surface area contributed by atoms with Crippen LogP contribution >= 0.6 is 12.4 Å². The van der Waals surface area contributed by atoms with Gasteiger partial charge in [-0.15, -0.1) is 12.4 Å². The van der Waals surface area contributed by atoms with E-state index < -0.39 is 39.6 Å². The molecule has 1 heterocycles. The van der Waals surface area contributed by atoms with Crippen molar-refractivity contribution in [3.8, 4) is 5.75 Å². The maximum Gasteiger partial charge on any atom is 0.324 e. The maximum atomic E-state index is 13.7. The standard InChI is InChI=1S/C31H36FN3O6S.ClH/c1-21(2)28(29(36)34(3)4)40-30(37)27(33)18-22-9-8-12-26(17-22)42(38,39)35-19-31(20-35,23-13-15-24(32)16-14-23)41-25-10-6-5-7-11-25;/h5-17,21,27-28H,18-20,33H2,1-4H3;1H/t27-,28?;/m0./s1. The average molecular weight is 634 g/mol. The van der Waals surface area contributed by atoms with Gasteiger partial charge < -0.3 is 20.1 Å². The third kappa shape index (κ3) is 7.72. The van der Waals surface area contributed by atoms with Crippen LogP contribution in [0.4, 0.5) is 4.39 Å². The van der Waals surface area contributed by atoms with Gasteiger partial charge in [-0.05, 0) is 59.9 Å². The monoisotopic (exact) mass is 633 g/mol. The number of halogens is 2. The molecule has 232 valence electrons. The highest BCUT2D eigenvalue weighted by molar-refractivity contribution is 7.89. The highest BCUT2D eigenvalue weighted by atomic mass is 35.5. The van der Waals surface area contributed by atoms with Gasteiger partial charge in [0.05, 0.1) is 18.0 Å². The molecule has 43 heavy (non-hydrogen) atoms. The van der Waals surface area contributed by atoms with Crippen molar-refractivity contribution in [1.29, 1.82) is 0 Å². The minimum atomic E-state index is -3.94. The molecule has 0 spiro atoms. The molecule has 1 saturated heterocycles. The Hall–Kier alpha value is -3.51. The van der Waals surface area contributed by atoms with Gasteiger partial charge in [-0.1, -0.05) is 56.3 Å². The van der Waals surface area contributed by atoms with Crippen LogP contribution in [0, 0.1) is 11.7 Å². The molecule has 1 fully saturated rings. The lowest BCUT2D eigenvalue weighted by Gasteiger charge is -2.48. The summed E-state index contributed by atoms with van der Waals surface area (Å²) in [6.45, 7) is 3.57. The van der Waals surface area contributed by atoms with Crippen molar-refractivity contribution in [1.82, 2.24) is 9.21 Å². The zero-order valence-electron chi connectivity index (χ0n) is 24.5. The third-order valence-corrected chi connectivity index (χ3v) is 8.91. The van der Waals surface area contributed by atoms with Crippen molar-refractivity contribution in [2.75, 3.05) is 27.2 Å². The molecule has 2 N–H and O–H groups in total. The number of para-hydroxylation sites is 1. The van der Waals surface area contributed by atoms with Gasteiger partial charge in [-0.3, -0.25) is 9.59 Å². The molecule has 3 aromatic carbocycles. The van der Waals surface area contributed by atoms with Gasteiger partial charge in [-0.2, -0.15) is 4.31 Å². The summed E-state index contributed by atoms with van der Waals surface area (Å²) < 4.78 is 53.9. The topological polar surface area (TPSA) is 119 Å². The van der Waals surface area contributed by atoms with Crippen molar-refractivity contribution in [2.45, 2.75) is 42.9 Å². The molecule has 2 atom stereocenters. The van der Waals surface area contributed by atoms with E-state index in [1.54, 1.807) is 64.3 Å².